The standard InChI is InChI=1S/C21H17F3N4OS/c1-12(19-27-16-4-2-3-5-17(16)28-19)25-18(29)10-15-11-30-20(26-15)13-6-8-14(9-7-13)21(22,23)24/h2-9,11-12H,10H2,1H3,(H,25,29)(H,27,28). The van der Waals surface area contributed by atoms with Crippen molar-refractivity contribution in [2.24, 2.45) is 0 Å². The van der Waals surface area contributed by atoms with Crippen molar-refractivity contribution in [3.8, 4) is 10.6 Å². The third-order valence-corrected chi connectivity index (χ3v) is 5.49. The lowest BCUT2D eigenvalue weighted by molar-refractivity contribution is -0.137. The first-order chi connectivity index (χ1) is 14.3. The minimum Gasteiger partial charge on any atom is -0.346 e. The average Bonchev–Trinajstić information content (AvgIpc) is 3.34. The fraction of sp³-hybridized carbons (Fsp3) is 0.190. The molecule has 30 heavy (non-hydrogen) atoms. The van der Waals surface area contributed by atoms with E-state index in [0.717, 1.165) is 23.2 Å². The van der Waals surface area contributed by atoms with E-state index in [1.165, 1.54) is 23.5 Å². The molecule has 1 atom stereocenters. The van der Waals surface area contributed by atoms with Gasteiger partial charge in [-0.1, -0.05) is 24.3 Å². The van der Waals surface area contributed by atoms with E-state index in [2.05, 4.69) is 20.3 Å². The van der Waals surface area contributed by atoms with Gasteiger partial charge in [-0.25, -0.2) is 9.97 Å². The molecule has 0 saturated heterocycles. The lowest BCUT2D eigenvalue weighted by Gasteiger charge is -2.10. The van der Waals surface area contributed by atoms with E-state index in [1.54, 1.807) is 5.38 Å². The number of amides is 1. The number of thiazole rings is 1. The van der Waals surface area contributed by atoms with Crippen molar-refractivity contribution in [2.75, 3.05) is 0 Å². The number of para-hydroxylation sites is 2. The molecule has 0 bridgehead atoms. The van der Waals surface area contributed by atoms with E-state index in [1.807, 2.05) is 31.2 Å². The minimum absolute atomic E-state index is 0.0711. The summed E-state index contributed by atoms with van der Waals surface area (Å²) >= 11 is 1.29. The van der Waals surface area contributed by atoms with Crippen LogP contribution < -0.4 is 5.32 Å². The highest BCUT2D eigenvalue weighted by atomic mass is 32.1. The molecule has 0 spiro atoms. The molecule has 0 fully saturated rings. The van der Waals surface area contributed by atoms with Gasteiger partial charge in [-0.15, -0.1) is 11.3 Å². The largest absolute Gasteiger partial charge is 0.416 e. The Morgan fingerprint density at radius 2 is 1.87 bits per heavy atom. The number of nitrogens with one attached hydrogen (secondary N) is 2. The summed E-state index contributed by atoms with van der Waals surface area (Å²) in [6.45, 7) is 1.84. The van der Waals surface area contributed by atoms with Crippen LogP contribution in [0.25, 0.3) is 21.6 Å². The molecular weight excluding hydrogens is 413 g/mol. The van der Waals surface area contributed by atoms with E-state index in [0.29, 0.717) is 22.1 Å². The normalized spacial score (nSPS) is 12.8. The Kier molecular flexibility index (Phi) is 5.29. The smallest absolute Gasteiger partial charge is 0.346 e. The number of nitrogens with zero attached hydrogens (tertiary/aromatic N) is 2. The Morgan fingerprint density at radius 1 is 1.13 bits per heavy atom. The molecule has 1 amide bonds. The quantitative estimate of drug-likeness (QED) is 0.461. The molecule has 2 N–H and O–H groups in total. The summed E-state index contributed by atoms with van der Waals surface area (Å²) in [6, 6.07) is 12.1. The van der Waals surface area contributed by atoms with Crippen LogP contribution in [0.4, 0.5) is 13.2 Å². The van der Waals surface area contributed by atoms with Gasteiger partial charge in [-0.3, -0.25) is 4.79 Å². The number of imidazole rings is 1. The first kappa shape index (κ1) is 20.1. The fourth-order valence-electron chi connectivity index (χ4n) is 3.03. The number of fused-ring (bicyclic) bond motifs is 1. The number of carbonyl (C=O) groups is 1. The molecule has 1 unspecified atom stereocenters. The zero-order valence-corrected chi connectivity index (χ0v) is 16.6. The number of alkyl halides is 3. The number of hydrogen-bond acceptors (Lipinski definition) is 4. The summed E-state index contributed by atoms with van der Waals surface area (Å²) < 4.78 is 38.1. The van der Waals surface area contributed by atoms with Crippen molar-refractivity contribution in [3.63, 3.8) is 0 Å². The van der Waals surface area contributed by atoms with Gasteiger partial charge in [0.1, 0.15) is 10.8 Å². The Hall–Kier alpha value is -3.20. The fourth-order valence-corrected chi connectivity index (χ4v) is 3.85. The maximum atomic E-state index is 12.7. The van der Waals surface area contributed by atoms with E-state index < -0.39 is 11.7 Å². The van der Waals surface area contributed by atoms with Gasteiger partial charge in [-0.05, 0) is 31.2 Å². The molecule has 0 aliphatic carbocycles. The van der Waals surface area contributed by atoms with Crippen molar-refractivity contribution in [1.82, 2.24) is 20.3 Å². The van der Waals surface area contributed by atoms with E-state index in [-0.39, 0.29) is 18.4 Å². The Bertz CT molecular complexity index is 1150. The molecule has 0 aliphatic rings. The lowest BCUT2D eigenvalue weighted by atomic mass is 10.1. The van der Waals surface area contributed by atoms with Crippen molar-refractivity contribution in [1.29, 1.82) is 0 Å². The molecule has 5 nitrogen and oxygen atoms in total. The van der Waals surface area contributed by atoms with Crippen LogP contribution in [0.5, 0.6) is 0 Å². The second-order valence-electron chi connectivity index (χ2n) is 6.82. The molecule has 4 aromatic rings. The van der Waals surface area contributed by atoms with Crippen LogP contribution in [0.3, 0.4) is 0 Å². The average molecular weight is 430 g/mol. The van der Waals surface area contributed by atoms with Crippen LogP contribution in [0.1, 0.15) is 30.0 Å². The maximum Gasteiger partial charge on any atom is 0.416 e. The molecule has 154 valence electrons. The number of hydrogen-bond donors (Lipinski definition) is 2. The maximum absolute atomic E-state index is 12.7. The molecule has 9 heteroatoms. The van der Waals surface area contributed by atoms with Gasteiger partial charge in [0.05, 0.1) is 34.8 Å². The number of rotatable bonds is 5. The highest BCUT2D eigenvalue weighted by Crippen LogP contribution is 2.31. The molecular formula is C21H17F3N4OS. The molecule has 4 rings (SSSR count). The predicted octanol–water partition coefficient (Wildman–Crippen LogP) is 5.13. The second kappa shape index (κ2) is 7.91. The van der Waals surface area contributed by atoms with Gasteiger partial charge in [-0.2, -0.15) is 13.2 Å². The number of benzene rings is 2. The SMILES string of the molecule is CC(NC(=O)Cc1csc(-c2ccc(C(F)(F)F)cc2)n1)c1nc2ccccc2[nH]1. The summed E-state index contributed by atoms with van der Waals surface area (Å²) in [5.74, 6) is 0.445. The van der Waals surface area contributed by atoms with E-state index >= 15 is 0 Å². The molecule has 0 saturated carbocycles. The Labute approximate surface area is 174 Å². The van der Waals surface area contributed by atoms with Crippen molar-refractivity contribution < 1.29 is 18.0 Å². The highest BCUT2D eigenvalue weighted by molar-refractivity contribution is 7.13. The molecule has 2 aromatic heterocycles. The number of H-pyrrole nitrogens is 1. The van der Waals surface area contributed by atoms with E-state index in [4.69, 9.17) is 0 Å². The van der Waals surface area contributed by atoms with Crippen LogP contribution in [0, 0.1) is 0 Å². The van der Waals surface area contributed by atoms with Gasteiger partial charge in [0.25, 0.3) is 0 Å². The number of aromatic amines is 1. The van der Waals surface area contributed by atoms with Crippen LogP contribution >= 0.6 is 11.3 Å². The Morgan fingerprint density at radius 3 is 2.57 bits per heavy atom. The molecule has 2 aromatic carbocycles. The first-order valence-electron chi connectivity index (χ1n) is 9.15. The first-order valence-corrected chi connectivity index (χ1v) is 10.0. The van der Waals surface area contributed by atoms with Gasteiger partial charge in [0.2, 0.25) is 5.91 Å². The third-order valence-electron chi connectivity index (χ3n) is 4.55. The van der Waals surface area contributed by atoms with Crippen molar-refractivity contribution in [3.05, 3.63) is 71.0 Å². The Balaban J connectivity index is 1.40. The van der Waals surface area contributed by atoms with Crippen LogP contribution in [0.15, 0.2) is 53.9 Å². The molecule has 0 radical (unpaired) electrons. The van der Waals surface area contributed by atoms with Crippen LogP contribution in [-0.2, 0) is 17.4 Å². The highest BCUT2D eigenvalue weighted by Gasteiger charge is 2.30. The number of halogens is 3. The summed E-state index contributed by atoms with van der Waals surface area (Å²) in [5, 5.41) is 5.19. The number of aromatic nitrogens is 3. The minimum atomic E-state index is -4.37. The van der Waals surface area contributed by atoms with Gasteiger partial charge in [0, 0.05) is 10.9 Å². The predicted molar refractivity (Wildman–Crippen MR) is 109 cm³/mol. The van der Waals surface area contributed by atoms with Crippen LogP contribution in [-0.4, -0.2) is 20.9 Å². The van der Waals surface area contributed by atoms with Crippen LogP contribution in [0.2, 0.25) is 0 Å². The monoisotopic (exact) mass is 430 g/mol. The van der Waals surface area contributed by atoms with E-state index in [9.17, 15) is 18.0 Å². The summed E-state index contributed by atoms with van der Waals surface area (Å²) in [5.41, 5.74) is 2.16. The van der Waals surface area contributed by atoms with Gasteiger partial charge in [0.15, 0.2) is 0 Å². The summed E-state index contributed by atoms with van der Waals surface area (Å²) in [6.07, 6.45) is -4.30. The molecule has 2 heterocycles. The lowest BCUT2D eigenvalue weighted by Crippen LogP contribution is -2.28. The molecule has 0 aliphatic heterocycles. The topological polar surface area (TPSA) is 70.7 Å². The van der Waals surface area contributed by atoms with Crippen molar-refractivity contribution >= 4 is 28.3 Å². The zero-order chi connectivity index (χ0) is 21.3. The number of carbonyl (C=O) groups excluding carboxylic acids is 1. The van der Waals surface area contributed by atoms with Crippen molar-refractivity contribution in [2.45, 2.75) is 25.6 Å². The third kappa shape index (κ3) is 4.35. The summed E-state index contributed by atoms with van der Waals surface area (Å²) in [4.78, 5) is 24.4. The van der Waals surface area contributed by atoms with Gasteiger partial charge >= 0.3 is 6.18 Å². The summed E-state index contributed by atoms with van der Waals surface area (Å²) in [7, 11) is 0. The zero-order valence-electron chi connectivity index (χ0n) is 15.8. The second-order valence-corrected chi connectivity index (χ2v) is 7.68. The van der Waals surface area contributed by atoms with Gasteiger partial charge < -0.3 is 10.3 Å².